The summed E-state index contributed by atoms with van der Waals surface area (Å²) in [6.45, 7) is 0.502. The summed E-state index contributed by atoms with van der Waals surface area (Å²) in [5.74, 6) is 2.20. The van der Waals surface area contributed by atoms with Crippen LogP contribution in [0.2, 0.25) is 0 Å². The van der Waals surface area contributed by atoms with Crippen molar-refractivity contribution in [2.75, 3.05) is 18.6 Å². The molecule has 1 atom stereocenters. The van der Waals surface area contributed by atoms with Crippen molar-refractivity contribution in [2.45, 2.75) is 31.7 Å². The molecule has 0 spiro atoms. The van der Waals surface area contributed by atoms with Gasteiger partial charge < -0.3 is 15.7 Å². The molecule has 0 unspecified atom stereocenters. The number of hydrogen-bond acceptors (Lipinski definition) is 3. The average Bonchev–Trinajstić information content (AvgIpc) is 2.33. The van der Waals surface area contributed by atoms with Gasteiger partial charge in [-0.05, 0) is 31.3 Å². The summed E-state index contributed by atoms with van der Waals surface area (Å²) in [5.41, 5.74) is 0. The zero-order valence-corrected chi connectivity index (χ0v) is 11.4. The van der Waals surface area contributed by atoms with Crippen molar-refractivity contribution < 1.29 is 14.7 Å². The number of carboxylic acid groups (broad SMARTS) is 1. The van der Waals surface area contributed by atoms with Crippen LogP contribution in [0, 0.1) is 12.3 Å². The predicted octanol–water partition coefficient (Wildman–Crippen LogP) is 1.30. The van der Waals surface area contributed by atoms with Gasteiger partial charge in [-0.1, -0.05) is 0 Å². The number of aliphatic carboxylic acids is 1. The first kappa shape index (κ1) is 16.6. The Kier molecular flexibility index (Phi) is 9.97. The summed E-state index contributed by atoms with van der Waals surface area (Å²) in [6.07, 6.45) is 9.74. The number of carbonyl (C=O) groups excluding carboxylic acids is 1. The van der Waals surface area contributed by atoms with Gasteiger partial charge in [-0.15, -0.1) is 12.3 Å². The molecule has 0 aromatic heterocycles. The molecule has 0 aliphatic rings. The van der Waals surface area contributed by atoms with Gasteiger partial charge in [0.2, 0.25) is 0 Å². The van der Waals surface area contributed by atoms with Gasteiger partial charge in [0.05, 0.1) is 0 Å². The Morgan fingerprint density at radius 3 is 2.72 bits per heavy atom. The first-order valence-corrected chi connectivity index (χ1v) is 7.20. The van der Waals surface area contributed by atoms with E-state index >= 15 is 0 Å². The number of nitrogens with one attached hydrogen (secondary N) is 2. The zero-order chi connectivity index (χ0) is 13.8. The monoisotopic (exact) mass is 272 g/mol. The van der Waals surface area contributed by atoms with E-state index in [4.69, 9.17) is 11.5 Å². The molecule has 3 N–H and O–H groups in total. The molecule has 0 bridgehead atoms. The molecule has 6 heteroatoms. The fourth-order valence-corrected chi connectivity index (χ4v) is 1.73. The van der Waals surface area contributed by atoms with E-state index in [0.717, 1.165) is 12.8 Å². The second kappa shape index (κ2) is 10.8. The third-order valence-corrected chi connectivity index (χ3v) is 2.89. The van der Waals surface area contributed by atoms with E-state index in [1.165, 1.54) is 0 Å². The predicted molar refractivity (Wildman–Crippen MR) is 73.6 cm³/mol. The van der Waals surface area contributed by atoms with E-state index in [0.29, 0.717) is 25.1 Å². The van der Waals surface area contributed by atoms with E-state index in [1.807, 2.05) is 6.26 Å². The molecule has 0 saturated heterocycles. The van der Waals surface area contributed by atoms with Crippen molar-refractivity contribution in [3.63, 3.8) is 0 Å². The number of carbonyl (C=O) groups is 2. The van der Waals surface area contributed by atoms with Gasteiger partial charge in [0.25, 0.3) is 0 Å². The minimum Gasteiger partial charge on any atom is -0.480 e. The van der Waals surface area contributed by atoms with Crippen LogP contribution in [-0.4, -0.2) is 41.7 Å². The van der Waals surface area contributed by atoms with E-state index in [2.05, 4.69) is 16.6 Å². The van der Waals surface area contributed by atoms with Crippen molar-refractivity contribution in [1.82, 2.24) is 10.6 Å². The number of urea groups is 1. The van der Waals surface area contributed by atoms with Crippen molar-refractivity contribution in [3.8, 4) is 12.3 Å². The molecule has 0 heterocycles. The summed E-state index contributed by atoms with van der Waals surface area (Å²) >= 11 is 1.55. The fourth-order valence-electron chi connectivity index (χ4n) is 1.26. The molecule has 5 nitrogen and oxygen atoms in total. The molecule has 0 rings (SSSR count). The van der Waals surface area contributed by atoms with Crippen molar-refractivity contribution in [2.24, 2.45) is 0 Å². The Labute approximate surface area is 112 Å². The minimum absolute atomic E-state index is 0.418. The van der Waals surface area contributed by atoms with Gasteiger partial charge in [-0.2, -0.15) is 11.8 Å². The lowest BCUT2D eigenvalue weighted by molar-refractivity contribution is -0.139. The van der Waals surface area contributed by atoms with Crippen LogP contribution < -0.4 is 10.6 Å². The Morgan fingerprint density at radius 1 is 1.44 bits per heavy atom. The van der Waals surface area contributed by atoms with Crippen LogP contribution in [0.3, 0.4) is 0 Å². The largest absolute Gasteiger partial charge is 0.480 e. The highest BCUT2D eigenvalue weighted by Gasteiger charge is 2.18. The Balaban J connectivity index is 3.81. The number of unbranched alkanes of at least 4 members (excludes halogenated alkanes) is 2. The van der Waals surface area contributed by atoms with Gasteiger partial charge in [-0.25, -0.2) is 9.59 Å². The minimum atomic E-state index is -1.01. The number of hydrogen-bond donors (Lipinski definition) is 3. The lowest BCUT2D eigenvalue weighted by Gasteiger charge is -2.14. The molecule has 0 fully saturated rings. The zero-order valence-electron chi connectivity index (χ0n) is 10.6. The Bertz CT molecular complexity index is 302. The molecule has 102 valence electrons. The van der Waals surface area contributed by atoms with Gasteiger partial charge in [0.15, 0.2) is 0 Å². The summed E-state index contributed by atoms with van der Waals surface area (Å²) < 4.78 is 0. The second-order valence-corrected chi connectivity index (χ2v) is 4.72. The number of terminal acetylenes is 1. The van der Waals surface area contributed by atoms with Crippen LogP contribution in [0.5, 0.6) is 0 Å². The van der Waals surface area contributed by atoms with Crippen LogP contribution >= 0.6 is 11.8 Å². The van der Waals surface area contributed by atoms with E-state index in [1.54, 1.807) is 11.8 Å². The maximum atomic E-state index is 11.4. The molecule has 0 aliphatic heterocycles. The maximum Gasteiger partial charge on any atom is 0.326 e. The lowest BCUT2D eigenvalue weighted by Crippen LogP contribution is -2.46. The third kappa shape index (κ3) is 8.76. The summed E-state index contributed by atoms with van der Waals surface area (Å²) in [5, 5.41) is 14.0. The first-order valence-electron chi connectivity index (χ1n) is 5.81. The van der Waals surface area contributed by atoms with Crippen molar-refractivity contribution in [1.29, 1.82) is 0 Å². The highest BCUT2D eigenvalue weighted by atomic mass is 32.2. The molecule has 0 aromatic carbocycles. The molecule has 0 radical (unpaired) electrons. The van der Waals surface area contributed by atoms with Crippen LogP contribution in [0.25, 0.3) is 0 Å². The van der Waals surface area contributed by atoms with Gasteiger partial charge >= 0.3 is 12.0 Å². The van der Waals surface area contributed by atoms with Gasteiger partial charge in [-0.3, -0.25) is 0 Å². The highest BCUT2D eigenvalue weighted by molar-refractivity contribution is 7.98. The number of amides is 2. The smallest absolute Gasteiger partial charge is 0.326 e. The SMILES string of the molecule is C#CCCCCNC(=O)N[C@@H](CCSC)C(=O)O. The second-order valence-electron chi connectivity index (χ2n) is 3.73. The van der Waals surface area contributed by atoms with Crippen molar-refractivity contribution >= 4 is 23.8 Å². The summed E-state index contributed by atoms with van der Waals surface area (Å²) in [4.78, 5) is 22.3. The van der Waals surface area contributed by atoms with E-state index in [9.17, 15) is 9.59 Å². The van der Waals surface area contributed by atoms with E-state index in [-0.39, 0.29) is 0 Å². The first-order chi connectivity index (χ1) is 8.61. The fraction of sp³-hybridized carbons (Fsp3) is 0.667. The average molecular weight is 272 g/mol. The van der Waals surface area contributed by atoms with Crippen LogP contribution in [-0.2, 0) is 4.79 Å². The number of rotatable bonds is 9. The number of thioether (sulfide) groups is 1. The van der Waals surface area contributed by atoms with Gasteiger partial charge in [0, 0.05) is 13.0 Å². The molecular formula is C12H20N2O3S. The molecular weight excluding hydrogens is 252 g/mol. The molecule has 0 saturated carbocycles. The maximum absolute atomic E-state index is 11.4. The van der Waals surface area contributed by atoms with Crippen LogP contribution in [0.1, 0.15) is 25.7 Å². The molecule has 2 amide bonds. The lowest BCUT2D eigenvalue weighted by atomic mass is 10.2. The quantitative estimate of drug-likeness (QED) is 0.436. The molecule has 0 aliphatic carbocycles. The van der Waals surface area contributed by atoms with Crippen LogP contribution in [0.15, 0.2) is 0 Å². The standard InChI is InChI=1S/C12H20N2O3S/c1-3-4-5-6-8-13-12(17)14-10(11(15)16)7-9-18-2/h1,10H,4-9H2,2H3,(H,15,16)(H2,13,14,17)/t10-/m0/s1. The summed E-state index contributed by atoms with van der Waals surface area (Å²) in [6, 6.07) is -1.27. The van der Waals surface area contributed by atoms with Crippen LogP contribution in [0.4, 0.5) is 4.79 Å². The molecule has 0 aromatic rings. The summed E-state index contributed by atoms with van der Waals surface area (Å²) in [7, 11) is 0. The Hall–Kier alpha value is -1.35. The highest BCUT2D eigenvalue weighted by Crippen LogP contribution is 2.00. The molecule has 18 heavy (non-hydrogen) atoms. The van der Waals surface area contributed by atoms with E-state index < -0.39 is 18.0 Å². The number of carboxylic acids is 1. The third-order valence-electron chi connectivity index (χ3n) is 2.25. The Morgan fingerprint density at radius 2 is 2.17 bits per heavy atom. The normalized spacial score (nSPS) is 11.3. The van der Waals surface area contributed by atoms with Gasteiger partial charge in [0.1, 0.15) is 6.04 Å². The topological polar surface area (TPSA) is 78.4 Å². The van der Waals surface area contributed by atoms with Crippen molar-refractivity contribution in [3.05, 3.63) is 0 Å².